The first kappa shape index (κ1) is 21.8. The van der Waals surface area contributed by atoms with Gasteiger partial charge >= 0.3 is 0 Å². The van der Waals surface area contributed by atoms with E-state index in [4.69, 9.17) is 0 Å². The summed E-state index contributed by atoms with van der Waals surface area (Å²) in [6.45, 7) is 9.80. The normalized spacial score (nSPS) is 11.7. The molecular formula is C24H27N5O2S. The van der Waals surface area contributed by atoms with Crippen LogP contribution in [-0.4, -0.2) is 28.0 Å². The van der Waals surface area contributed by atoms with Crippen molar-refractivity contribution >= 4 is 15.7 Å². The summed E-state index contributed by atoms with van der Waals surface area (Å²) in [4.78, 5) is 0.187. The Morgan fingerprint density at radius 3 is 2.16 bits per heavy atom. The number of anilines is 1. The van der Waals surface area contributed by atoms with Gasteiger partial charge in [0.15, 0.2) is 0 Å². The Bertz CT molecular complexity index is 1390. The van der Waals surface area contributed by atoms with Crippen LogP contribution in [0, 0.1) is 34.6 Å². The van der Waals surface area contributed by atoms with E-state index in [1.165, 1.54) is 5.56 Å². The van der Waals surface area contributed by atoms with Crippen LogP contribution in [0.25, 0.3) is 5.69 Å². The minimum absolute atomic E-state index is 0.187. The van der Waals surface area contributed by atoms with Crippen LogP contribution in [0.15, 0.2) is 59.5 Å². The Hall–Kier alpha value is -3.39. The lowest BCUT2D eigenvalue weighted by atomic mass is 10.1. The summed E-state index contributed by atoms with van der Waals surface area (Å²) < 4.78 is 33.1. The summed E-state index contributed by atoms with van der Waals surface area (Å²) in [7, 11) is -3.86. The highest BCUT2D eigenvalue weighted by atomic mass is 32.2. The maximum Gasteiger partial charge on any atom is 0.265 e. The van der Waals surface area contributed by atoms with Gasteiger partial charge in [-0.1, -0.05) is 42.5 Å². The second-order valence-corrected chi connectivity index (χ2v) is 9.60. The van der Waals surface area contributed by atoms with E-state index in [-0.39, 0.29) is 4.90 Å². The molecule has 1 N–H and O–H groups in total. The first-order chi connectivity index (χ1) is 15.2. The summed E-state index contributed by atoms with van der Waals surface area (Å²) >= 11 is 0. The minimum Gasteiger partial charge on any atom is -0.276 e. The number of sulfonamides is 1. The number of hydrogen-bond acceptors (Lipinski definition) is 4. The van der Waals surface area contributed by atoms with Crippen molar-refractivity contribution in [3.63, 3.8) is 0 Å². The van der Waals surface area contributed by atoms with Crippen molar-refractivity contribution in [3.8, 4) is 5.69 Å². The second-order valence-electron chi connectivity index (χ2n) is 7.98. The molecule has 2 aromatic heterocycles. The molecule has 0 radical (unpaired) electrons. The molecule has 0 saturated heterocycles. The van der Waals surface area contributed by atoms with Gasteiger partial charge in [0.25, 0.3) is 10.0 Å². The van der Waals surface area contributed by atoms with E-state index in [0.717, 1.165) is 16.9 Å². The summed E-state index contributed by atoms with van der Waals surface area (Å²) in [5, 5.41) is 9.07. The summed E-state index contributed by atoms with van der Waals surface area (Å²) in [5.74, 6) is 0. The van der Waals surface area contributed by atoms with E-state index in [1.54, 1.807) is 18.5 Å². The SMILES string of the molecule is Cc1ccccc1Cn1nc(C)c(NS(=O)(=O)c2c(C)nn(-c3ccccc3)c2C)c1C. The van der Waals surface area contributed by atoms with E-state index < -0.39 is 10.0 Å². The topological polar surface area (TPSA) is 81.8 Å². The molecule has 0 bridgehead atoms. The Morgan fingerprint density at radius 2 is 1.47 bits per heavy atom. The molecule has 0 aliphatic heterocycles. The summed E-state index contributed by atoms with van der Waals surface area (Å²) in [6.07, 6.45) is 0. The van der Waals surface area contributed by atoms with Crippen molar-refractivity contribution in [2.75, 3.05) is 4.72 Å². The molecular weight excluding hydrogens is 422 g/mol. The number of para-hydroxylation sites is 1. The fourth-order valence-corrected chi connectivity index (χ4v) is 5.54. The number of hydrogen-bond donors (Lipinski definition) is 1. The predicted octanol–water partition coefficient (Wildman–Crippen LogP) is 4.46. The zero-order valence-corrected chi connectivity index (χ0v) is 19.7. The number of rotatable bonds is 6. The quantitative estimate of drug-likeness (QED) is 0.471. The van der Waals surface area contributed by atoms with E-state index in [1.807, 2.05) is 61.0 Å². The van der Waals surface area contributed by atoms with Gasteiger partial charge in [0.05, 0.1) is 40.7 Å². The maximum absolute atomic E-state index is 13.4. The van der Waals surface area contributed by atoms with Crippen molar-refractivity contribution in [2.45, 2.75) is 46.1 Å². The summed E-state index contributed by atoms with van der Waals surface area (Å²) in [5.41, 5.74) is 6.03. The van der Waals surface area contributed by atoms with Gasteiger partial charge in [-0.3, -0.25) is 9.40 Å². The van der Waals surface area contributed by atoms with Gasteiger partial charge in [0, 0.05) is 0 Å². The third-order valence-electron chi connectivity index (χ3n) is 5.69. The van der Waals surface area contributed by atoms with Crippen LogP contribution in [0.2, 0.25) is 0 Å². The van der Waals surface area contributed by atoms with Crippen LogP contribution in [0.4, 0.5) is 5.69 Å². The number of aryl methyl sites for hydroxylation is 3. The number of aromatic nitrogens is 4. The summed E-state index contributed by atoms with van der Waals surface area (Å²) in [6, 6.07) is 17.6. The second kappa shape index (κ2) is 8.27. The molecule has 2 aromatic carbocycles. The fourth-order valence-electron chi connectivity index (χ4n) is 3.97. The molecule has 0 aliphatic carbocycles. The Kier molecular flexibility index (Phi) is 5.64. The standard InChI is InChI=1S/C24H27N5O2S/c1-16-11-9-10-12-21(16)15-28-19(4)23(17(2)25-28)27-32(30,31)24-18(3)26-29(20(24)5)22-13-7-6-8-14-22/h6-14,27H,15H2,1-5H3. The highest BCUT2D eigenvalue weighted by molar-refractivity contribution is 7.92. The molecule has 4 rings (SSSR count). The lowest BCUT2D eigenvalue weighted by molar-refractivity contribution is 0.600. The van der Waals surface area contributed by atoms with E-state index in [9.17, 15) is 8.42 Å². The number of nitrogens with one attached hydrogen (secondary N) is 1. The van der Waals surface area contributed by atoms with Crippen LogP contribution < -0.4 is 4.72 Å². The van der Waals surface area contributed by atoms with Crippen LogP contribution >= 0.6 is 0 Å². The fraction of sp³-hybridized carbons (Fsp3) is 0.250. The van der Waals surface area contributed by atoms with Crippen molar-refractivity contribution in [2.24, 2.45) is 0 Å². The largest absolute Gasteiger partial charge is 0.276 e. The van der Waals surface area contributed by atoms with Gasteiger partial charge < -0.3 is 0 Å². The molecule has 0 fully saturated rings. The molecule has 0 unspecified atom stereocenters. The van der Waals surface area contributed by atoms with Gasteiger partial charge in [-0.15, -0.1) is 0 Å². The first-order valence-corrected chi connectivity index (χ1v) is 11.9. The van der Waals surface area contributed by atoms with Crippen molar-refractivity contribution in [1.29, 1.82) is 0 Å². The van der Waals surface area contributed by atoms with E-state index in [0.29, 0.717) is 29.3 Å². The maximum atomic E-state index is 13.4. The minimum atomic E-state index is -3.86. The van der Waals surface area contributed by atoms with E-state index >= 15 is 0 Å². The molecule has 166 valence electrons. The molecule has 0 saturated carbocycles. The molecule has 0 atom stereocenters. The zero-order valence-electron chi connectivity index (χ0n) is 18.9. The van der Waals surface area contributed by atoms with Gasteiger partial charge in [-0.05, 0) is 57.9 Å². The van der Waals surface area contributed by atoms with Crippen LogP contribution in [0.3, 0.4) is 0 Å². The molecule has 7 nitrogen and oxygen atoms in total. The lowest BCUT2D eigenvalue weighted by Crippen LogP contribution is -2.16. The predicted molar refractivity (Wildman–Crippen MR) is 126 cm³/mol. The van der Waals surface area contributed by atoms with Gasteiger partial charge in [0.2, 0.25) is 0 Å². The number of nitrogens with zero attached hydrogens (tertiary/aromatic N) is 4. The third kappa shape index (κ3) is 3.93. The van der Waals surface area contributed by atoms with Crippen molar-refractivity contribution < 1.29 is 8.42 Å². The Labute approximate surface area is 188 Å². The highest BCUT2D eigenvalue weighted by Crippen LogP contribution is 2.28. The lowest BCUT2D eigenvalue weighted by Gasteiger charge is -2.11. The highest BCUT2D eigenvalue weighted by Gasteiger charge is 2.27. The average Bonchev–Trinajstić information content (AvgIpc) is 3.20. The average molecular weight is 450 g/mol. The Balaban J connectivity index is 1.69. The molecule has 2 heterocycles. The first-order valence-electron chi connectivity index (χ1n) is 10.4. The van der Waals surface area contributed by atoms with Crippen molar-refractivity contribution in [1.82, 2.24) is 19.6 Å². The van der Waals surface area contributed by atoms with Gasteiger partial charge in [-0.25, -0.2) is 13.1 Å². The van der Waals surface area contributed by atoms with Crippen LogP contribution in [-0.2, 0) is 16.6 Å². The van der Waals surface area contributed by atoms with Crippen LogP contribution in [0.1, 0.15) is 33.9 Å². The molecule has 0 spiro atoms. The molecule has 4 aromatic rings. The smallest absolute Gasteiger partial charge is 0.265 e. The molecule has 32 heavy (non-hydrogen) atoms. The van der Waals surface area contributed by atoms with Crippen molar-refractivity contribution in [3.05, 3.63) is 88.5 Å². The Morgan fingerprint density at radius 1 is 0.812 bits per heavy atom. The molecule has 8 heteroatoms. The number of benzene rings is 2. The van der Waals surface area contributed by atoms with Crippen LogP contribution in [0.5, 0.6) is 0 Å². The monoisotopic (exact) mass is 449 g/mol. The zero-order chi connectivity index (χ0) is 23.0. The van der Waals surface area contributed by atoms with E-state index in [2.05, 4.69) is 34.0 Å². The molecule has 0 amide bonds. The van der Waals surface area contributed by atoms with Gasteiger partial charge in [0.1, 0.15) is 4.90 Å². The third-order valence-corrected chi connectivity index (χ3v) is 7.29. The molecule has 0 aliphatic rings. The van der Waals surface area contributed by atoms with Gasteiger partial charge in [-0.2, -0.15) is 10.2 Å².